The summed E-state index contributed by atoms with van der Waals surface area (Å²) in [5.41, 5.74) is 0.929. The maximum absolute atomic E-state index is 12.2. The lowest BCUT2D eigenvalue weighted by Crippen LogP contribution is -2.43. The Labute approximate surface area is 143 Å². The van der Waals surface area contributed by atoms with Crippen LogP contribution in [0.25, 0.3) is 0 Å². The summed E-state index contributed by atoms with van der Waals surface area (Å²) >= 11 is 1.47. The second-order valence-electron chi connectivity index (χ2n) is 4.79. The van der Waals surface area contributed by atoms with Crippen molar-refractivity contribution in [2.75, 3.05) is 12.9 Å². The Balaban J connectivity index is 1.97. The van der Waals surface area contributed by atoms with Gasteiger partial charge in [-0.1, -0.05) is 0 Å². The fraction of sp³-hybridized carbons (Fsp3) is 0.250. The predicted molar refractivity (Wildman–Crippen MR) is 89.6 cm³/mol. The van der Waals surface area contributed by atoms with E-state index in [-0.39, 0.29) is 11.4 Å². The van der Waals surface area contributed by atoms with Crippen LogP contribution >= 0.6 is 11.8 Å². The standard InChI is InChI=1S/C16H17N3O4S/c1-23-16(22)12(10-24-9-11-4-7-17-8-5-11)19-15(21)14-13(20)3-2-6-18-14/h2-8,12,20H,9-10H2,1H3,(H,19,21). The number of ether oxygens (including phenoxy) is 1. The zero-order valence-electron chi connectivity index (χ0n) is 13.0. The molecule has 0 saturated heterocycles. The predicted octanol–water partition coefficient (Wildman–Crippen LogP) is 1.39. The van der Waals surface area contributed by atoms with Crippen LogP contribution in [0, 0.1) is 0 Å². The third kappa shape index (κ3) is 4.95. The Kier molecular flexibility index (Phi) is 6.56. The van der Waals surface area contributed by atoms with Crippen molar-refractivity contribution < 1.29 is 19.4 Å². The first kappa shape index (κ1) is 17.7. The van der Waals surface area contributed by atoms with Crippen molar-refractivity contribution in [1.29, 1.82) is 0 Å². The van der Waals surface area contributed by atoms with Crippen molar-refractivity contribution in [3.05, 3.63) is 54.1 Å². The number of carbonyl (C=O) groups is 2. The summed E-state index contributed by atoms with van der Waals surface area (Å²) in [6.45, 7) is 0. The highest BCUT2D eigenvalue weighted by molar-refractivity contribution is 7.98. The van der Waals surface area contributed by atoms with Crippen molar-refractivity contribution >= 4 is 23.6 Å². The highest BCUT2D eigenvalue weighted by Gasteiger charge is 2.24. The van der Waals surface area contributed by atoms with E-state index in [4.69, 9.17) is 4.74 Å². The fourth-order valence-corrected chi connectivity index (χ4v) is 2.88. The van der Waals surface area contributed by atoms with Crippen LogP contribution in [0.4, 0.5) is 0 Å². The van der Waals surface area contributed by atoms with Gasteiger partial charge in [0.05, 0.1) is 7.11 Å². The minimum atomic E-state index is -0.837. The van der Waals surface area contributed by atoms with E-state index in [1.54, 1.807) is 12.4 Å². The molecule has 0 spiro atoms. The first-order chi connectivity index (χ1) is 11.6. The summed E-state index contributed by atoms with van der Waals surface area (Å²) in [4.78, 5) is 31.8. The van der Waals surface area contributed by atoms with Crippen molar-refractivity contribution in [2.24, 2.45) is 0 Å². The molecule has 7 nitrogen and oxygen atoms in total. The third-order valence-corrected chi connectivity index (χ3v) is 4.20. The van der Waals surface area contributed by atoms with Gasteiger partial charge in [-0.15, -0.1) is 0 Å². The van der Waals surface area contributed by atoms with Gasteiger partial charge in [0, 0.05) is 30.1 Å². The Morgan fingerprint density at radius 3 is 2.71 bits per heavy atom. The first-order valence-electron chi connectivity index (χ1n) is 7.11. The number of hydrogen-bond acceptors (Lipinski definition) is 7. The molecule has 1 unspecified atom stereocenters. The molecule has 1 atom stereocenters. The quantitative estimate of drug-likeness (QED) is 0.730. The molecular weight excluding hydrogens is 330 g/mol. The number of carbonyl (C=O) groups excluding carboxylic acids is 2. The van der Waals surface area contributed by atoms with Gasteiger partial charge in [-0.2, -0.15) is 11.8 Å². The summed E-state index contributed by atoms with van der Waals surface area (Å²) in [6, 6.07) is 5.78. The summed E-state index contributed by atoms with van der Waals surface area (Å²) in [5, 5.41) is 12.2. The minimum absolute atomic E-state index is 0.134. The lowest BCUT2D eigenvalue weighted by molar-refractivity contribution is -0.142. The number of aromatic hydroxyl groups is 1. The van der Waals surface area contributed by atoms with Crippen LogP contribution in [0.2, 0.25) is 0 Å². The van der Waals surface area contributed by atoms with Gasteiger partial charge >= 0.3 is 5.97 Å². The third-order valence-electron chi connectivity index (χ3n) is 3.10. The van der Waals surface area contributed by atoms with Crippen molar-refractivity contribution in [3.63, 3.8) is 0 Å². The van der Waals surface area contributed by atoms with E-state index >= 15 is 0 Å². The van der Waals surface area contributed by atoms with Gasteiger partial charge in [-0.3, -0.25) is 9.78 Å². The Morgan fingerprint density at radius 2 is 2.04 bits per heavy atom. The zero-order chi connectivity index (χ0) is 17.4. The van der Waals surface area contributed by atoms with Gasteiger partial charge in [0.1, 0.15) is 11.8 Å². The average molecular weight is 347 g/mol. The lowest BCUT2D eigenvalue weighted by atomic mass is 10.2. The number of nitrogens with zero attached hydrogens (tertiary/aromatic N) is 2. The molecule has 8 heteroatoms. The van der Waals surface area contributed by atoms with Gasteiger partial charge in [0.2, 0.25) is 0 Å². The summed E-state index contributed by atoms with van der Waals surface area (Å²) in [5.74, 6) is -0.438. The van der Waals surface area contributed by atoms with Gasteiger partial charge in [0.25, 0.3) is 5.91 Å². The molecule has 0 bridgehead atoms. The number of hydrogen-bond donors (Lipinski definition) is 2. The molecule has 2 aromatic rings. The number of nitrogens with one attached hydrogen (secondary N) is 1. The molecule has 2 N–H and O–H groups in total. The Bertz CT molecular complexity index is 697. The number of esters is 1. The maximum atomic E-state index is 12.2. The van der Waals surface area contributed by atoms with E-state index in [0.29, 0.717) is 11.5 Å². The monoisotopic (exact) mass is 347 g/mol. The molecule has 2 heterocycles. The van der Waals surface area contributed by atoms with Crippen LogP contribution in [0.15, 0.2) is 42.9 Å². The van der Waals surface area contributed by atoms with Crippen LogP contribution in [-0.4, -0.2) is 45.9 Å². The molecule has 2 aromatic heterocycles. The van der Waals surface area contributed by atoms with Crippen LogP contribution in [-0.2, 0) is 15.3 Å². The molecule has 1 amide bonds. The molecule has 0 radical (unpaired) electrons. The smallest absolute Gasteiger partial charge is 0.329 e. The van der Waals surface area contributed by atoms with Gasteiger partial charge in [-0.25, -0.2) is 9.78 Å². The average Bonchev–Trinajstić information content (AvgIpc) is 2.61. The highest BCUT2D eigenvalue weighted by Crippen LogP contribution is 2.15. The van der Waals surface area contributed by atoms with Crippen LogP contribution in [0.3, 0.4) is 0 Å². The second-order valence-corrected chi connectivity index (χ2v) is 5.82. The second kappa shape index (κ2) is 8.88. The van der Waals surface area contributed by atoms with Gasteiger partial charge in [-0.05, 0) is 29.8 Å². The molecule has 0 aliphatic rings. The minimum Gasteiger partial charge on any atom is -0.505 e. The highest BCUT2D eigenvalue weighted by atomic mass is 32.2. The van der Waals surface area contributed by atoms with Crippen molar-refractivity contribution in [2.45, 2.75) is 11.8 Å². The normalized spacial score (nSPS) is 11.5. The molecule has 0 aliphatic carbocycles. The van der Waals surface area contributed by atoms with Crippen LogP contribution < -0.4 is 5.32 Å². The number of aromatic nitrogens is 2. The van der Waals surface area contributed by atoms with Crippen LogP contribution in [0.5, 0.6) is 5.75 Å². The lowest BCUT2D eigenvalue weighted by Gasteiger charge is -2.16. The number of thioether (sulfide) groups is 1. The molecular formula is C16H17N3O4S. The molecule has 126 valence electrons. The largest absolute Gasteiger partial charge is 0.505 e. The summed E-state index contributed by atoms with van der Waals surface area (Å²) in [6.07, 6.45) is 4.78. The number of rotatable bonds is 7. The van der Waals surface area contributed by atoms with E-state index in [9.17, 15) is 14.7 Å². The molecule has 0 saturated carbocycles. The number of methoxy groups -OCH3 is 1. The molecule has 0 fully saturated rings. The maximum Gasteiger partial charge on any atom is 0.329 e. The van der Waals surface area contributed by atoms with E-state index in [1.807, 2.05) is 12.1 Å². The van der Waals surface area contributed by atoms with E-state index in [0.717, 1.165) is 5.56 Å². The fourth-order valence-electron chi connectivity index (χ4n) is 1.88. The topological polar surface area (TPSA) is 101 Å². The first-order valence-corrected chi connectivity index (χ1v) is 8.26. The van der Waals surface area contributed by atoms with Crippen molar-refractivity contribution in [1.82, 2.24) is 15.3 Å². The van der Waals surface area contributed by atoms with Crippen molar-refractivity contribution in [3.8, 4) is 5.75 Å². The Morgan fingerprint density at radius 1 is 1.29 bits per heavy atom. The van der Waals surface area contributed by atoms with E-state index in [2.05, 4.69) is 15.3 Å². The molecule has 24 heavy (non-hydrogen) atoms. The van der Waals surface area contributed by atoms with Crippen LogP contribution in [0.1, 0.15) is 16.1 Å². The summed E-state index contributed by atoms with van der Waals surface area (Å²) in [7, 11) is 1.26. The number of amides is 1. The zero-order valence-corrected chi connectivity index (χ0v) is 13.8. The molecule has 0 aliphatic heterocycles. The number of pyridine rings is 2. The molecule has 0 aromatic carbocycles. The summed E-state index contributed by atoms with van der Waals surface area (Å²) < 4.78 is 4.72. The van der Waals surface area contributed by atoms with E-state index < -0.39 is 17.9 Å². The SMILES string of the molecule is COC(=O)C(CSCc1ccncc1)NC(=O)c1ncccc1O. The van der Waals surface area contributed by atoms with E-state index in [1.165, 1.54) is 37.2 Å². The Hall–Kier alpha value is -2.61. The van der Waals surface area contributed by atoms with Gasteiger partial charge in [0.15, 0.2) is 5.69 Å². The molecule has 2 rings (SSSR count). The van der Waals surface area contributed by atoms with Gasteiger partial charge < -0.3 is 15.2 Å².